The van der Waals surface area contributed by atoms with Gasteiger partial charge in [0.15, 0.2) is 0 Å². The van der Waals surface area contributed by atoms with Gasteiger partial charge in [0, 0.05) is 39.1 Å². The van der Waals surface area contributed by atoms with E-state index in [2.05, 4.69) is 10.2 Å². The lowest BCUT2D eigenvalue weighted by atomic mass is 10.2. The first-order chi connectivity index (χ1) is 10.7. The first-order valence-electron chi connectivity index (χ1n) is 7.99. The van der Waals surface area contributed by atoms with Crippen LogP contribution in [-0.2, 0) is 16.1 Å². The van der Waals surface area contributed by atoms with E-state index in [1.807, 2.05) is 42.2 Å². The summed E-state index contributed by atoms with van der Waals surface area (Å²) in [5.74, 6) is 0.271. The molecule has 22 heavy (non-hydrogen) atoms. The molecular formula is C17H25N3O2. The largest absolute Gasteiger partial charge is 0.351 e. The Labute approximate surface area is 132 Å². The molecule has 5 heteroatoms. The first-order valence-corrected chi connectivity index (χ1v) is 7.99. The van der Waals surface area contributed by atoms with Gasteiger partial charge in [-0.15, -0.1) is 0 Å². The van der Waals surface area contributed by atoms with Crippen LogP contribution in [0.1, 0.15) is 25.3 Å². The maximum Gasteiger partial charge on any atom is 0.234 e. The van der Waals surface area contributed by atoms with Gasteiger partial charge in [-0.05, 0) is 12.0 Å². The van der Waals surface area contributed by atoms with Gasteiger partial charge in [0.25, 0.3) is 0 Å². The number of benzene rings is 1. The molecule has 0 aliphatic carbocycles. The van der Waals surface area contributed by atoms with Crippen LogP contribution < -0.4 is 5.32 Å². The van der Waals surface area contributed by atoms with Crippen LogP contribution in [0.2, 0.25) is 0 Å². The van der Waals surface area contributed by atoms with Crippen molar-refractivity contribution < 1.29 is 9.59 Å². The Hall–Kier alpha value is -1.88. The highest BCUT2D eigenvalue weighted by atomic mass is 16.2. The van der Waals surface area contributed by atoms with Crippen molar-refractivity contribution in [2.45, 2.75) is 26.3 Å². The maximum atomic E-state index is 12.0. The average molecular weight is 303 g/mol. The van der Waals surface area contributed by atoms with Gasteiger partial charge in [-0.3, -0.25) is 14.5 Å². The Morgan fingerprint density at radius 1 is 1.09 bits per heavy atom. The Kier molecular flexibility index (Phi) is 6.40. The van der Waals surface area contributed by atoms with E-state index < -0.39 is 0 Å². The first kappa shape index (κ1) is 16.5. The molecule has 0 saturated carbocycles. The number of hydrogen-bond acceptors (Lipinski definition) is 3. The number of amides is 2. The molecule has 0 bridgehead atoms. The molecule has 0 atom stereocenters. The van der Waals surface area contributed by atoms with E-state index in [0.29, 0.717) is 19.5 Å². The number of nitrogens with one attached hydrogen (secondary N) is 1. The topological polar surface area (TPSA) is 52.7 Å². The molecule has 1 aromatic carbocycles. The van der Waals surface area contributed by atoms with Crippen LogP contribution in [-0.4, -0.2) is 54.3 Å². The number of piperazine rings is 1. The Morgan fingerprint density at radius 2 is 1.77 bits per heavy atom. The van der Waals surface area contributed by atoms with Gasteiger partial charge >= 0.3 is 0 Å². The molecule has 1 heterocycles. The Bertz CT molecular complexity index is 482. The number of nitrogens with zero attached hydrogens (tertiary/aromatic N) is 2. The summed E-state index contributed by atoms with van der Waals surface area (Å²) in [4.78, 5) is 27.8. The monoisotopic (exact) mass is 303 g/mol. The SMILES string of the molecule is CCCC(=O)N1CCN(CC(=O)NCc2ccccc2)CC1. The van der Waals surface area contributed by atoms with Crippen LogP contribution in [0.3, 0.4) is 0 Å². The number of carbonyl (C=O) groups is 2. The molecule has 1 aliphatic rings. The second-order valence-corrected chi connectivity index (χ2v) is 5.67. The second-order valence-electron chi connectivity index (χ2n) is 5.67. The molecule has 0 aromatic heterocycles. The highest BCUT2D eigenvalue weighted by Gasteiger charge is 2.21. The lowest BCUT2D eigenvalue weighted by Gasteiger charge is -2.34. The van der Waals surface area contributed by atoms with Gasteiger partial charge in [0.1, 0.15) is 0 Å². The third-order valence-electron chi connectivity index (χ3n) is 3.89. The molecule has 1 N–H and O–H groups in total. The summed E-state index contributed by atoms with van der Waals surface area (Å²) >= 11 is 0. The Balaban J connectivity index is 1.67. The van der Waals surface area contributed by atoms with Gasteiger partial charge in [-0.25, -0.2) is 0 Å². The van der Waals surface area contributed by atoms with E-state index in [4.69, 9.17) is 0 Å². The number of rotatable bonds is 6. The summed E-state index contributed by atoms with van der Waals surface area (Å²) < 4.78 is 0. The molecule has 0 radical (unpaired) electrons. The smallest absolute Gasteiger partial charge is 0.234 e. The summed E-state index contributed by atoms with van der Waals surface area (Å²) in [5, 5.41) is 2.94. The summed E-state index contributed by atoms with van der Waals surface area (Å²) in [7, 11) is 0. The molecule has 1 saturated heterocycles. The predicted octanol–water partition coefficient (Wildman–Crippen LogP) is 1.25. The zero-order valence-electron chi connectivity index (χ0n) is 13.3. The fourth-order valence-electron chi connectivity index (χ4n) is 2.58. The van der Waals surface area contributed by atoms with Crippen LogP contribution in [0.25, 0.3) is 0 Å². The molecule has 1 aromatic rings. The number of hydrogen-bond donors (Lipinski definition) is 1. The van der Waals surface area contributed by atoms with E-state index in [9.17, 15) is 9.59 Å². The molecular weight excluding hydrogens is 278 g/mol. The van der Waals surface area contributed by atoms with E-state index in [1.165, 1.54) is 0 Å². The van der Waals surface area contributed by atoms with Crippen molar-refractivity contribution in [3.05, 3.63) is 35.9 Å². The van der Waals surface area contributed by atoms with Gasteiger partial charge in [-0.2, -0.15) is 0 Å². The molecule has 120 valence electrons. The van der Waals surface area contributed by atoms with Crippen molar-refractivity contribution in [1.82, 2.24) is 15.1 Å². The zero-order chi connectivity index (χ0) is 15.8. The van der Waals surface area contributed by atoms with Crippen molar-refractivity contribution in [3.63, 3.8) is 0 Å². The fourth-order valence-corrected chi connectivity index (χ4v) is 2.58. The second kappa shape index (κ2) is 8.54. The zero-order valence-corrected chi connectivity index (χ0v) is 13.3. The molecule has 0 spiro atoms. The van der Waals surface area contributed by atoms with Crippen molar-refractivity contribution in [3.8, 4) is 0 Å². The van der Waals surface area contributed by atoms with Crippen molar-refractivity contribution in [2.24, 2.45) is 0 Å². The lowest BCUT2D eigenvalue weighted by molar-refractivity contribution is -0.133. The van der Waals surface area contributed by atoms with E-state index in [0.717, 1.165) is 38.2 Å². The third kappa shape index (κ3) is 5.15. The molecule has 2 rings (SSSR count). The minimum atomic E-state index is 0.0391. The van der Waals surface area contributed by atoms with Crippen LogP contribution in [0, 0.1) is 0 Å². The highest BCUT2D eigenvalue weighted by Crippen LogP contribution is 2.05. The van der Waals surface area contributed by atoms with Crippen LogP contribution in [0.5, 0.6) is 0 Å². The predicted molar refractivity (Wildman–Crippen MR) is 86.2 cm³/mol. The third-order valence-corrected chi connectivity index (χ3v) is 3.89. The van der Waals surface area contributed by atoms with Gasteiger partial charge in [0.05, 0.1) is 6.54 Å². The standard InChI is InChI=1S/C17H25N3O2/c1-2-6-17(22)20-11-9-19(10-12-20)14-16(21)18-13-15-7-4-3-5-8-15/h3-5,7-8H,2,6,9-14H2,1H3,(H,18,21). The minimum Gasteiger partial charge on any atom is -0.351 e. The van der Waals surface area contributed by atoms with Gasteiger partial charge in [0.2, 0.25) is 11.8 Å². The highest BCUT2D eigenvalue weighted by molar-refractivity contribution is 5.78. The van der Waals surface area contributed by atoms with Crippen LogP contribution in [0.4, 0.5) is 0 Å². The van der Waals surface area contributed by atoms with Crippen molar-refractivity contribution in [2.75, 3.05) is 32.7 Å². The molecule has 2 amide bonds. The molecule has 5 nitrogen and oxygen atoms in total. The summed E-state index contributed by atoms with van der Waals surface area (Å²) in [5.41, 5.74) is 1.10. The van der Waals surface area contributed by atoms with E-state index >= 15 is 0 Å². The van der Waals surface area contributed by atoms with Gasteiger partial charge < -0.3 is 10.2 Å². The molecule has 0 unspecified atom stereocenters. The van der Waals surface area contributed by atoms with Crippen molar-refractivity contribution >= 4 is 11.8 Å². The quantitative estimate of drug-likeness (QED) is 0.860. The fraction of sp³-hybridized carbons (Fsp3) is 0.529. The summed E-state index contributed by atoms with van der Waals surface area (Å²) in [6.45, 7) is 5.99. The lowest BCUT2D eigenvalue weighted by Crippen LogP contribution is -2.51. The Morgan fingerprint density at radius 3 is 2.41 bits per heavy atom. The minimum absolute atomic E-state index is 0.0391. The molecule has 1 fully saturated rings. The van der Waals surface area contributed by atoms with Crippen LogP contribution in [0.15, 0.2) is 30.3 Å². The van der Waals surface area contributed by atoms with E-state index in [1.54, 1.807) is 0 Å². The van der Waals surface area contributed by atoms with E-state index in [-0.39, 0.29) is 11.8 Å². The van der Waals surface area contributed by atoms with Gasteiger partial charge in [-0.1, -0.05) is 37.3 Å². The van der Waals surface area contributed by atoms with Crippen LogP contribution >= 0.6 is 0 Å². The number of carbonyl (C=O) groups excluding carboxylic acids is 2. The van der Waals surface area contributed by atoms with Crippen molar-refractivity contribution in [1.29, 1.82) is 0 Å². The maximum absolute atomic E-state index is 12.0. The average Bonchev–Trinajstić information content (AvgIpc) is 2.55. The summed E-state index contributed by atoms with van der Waals surface area (Å²) in [6.07, 6.45) is 1.51. The molecule has 1 aliphatic heterocycles. The summed E-state index contributed by atoms with van der Waals surface area (Å²) in [6, 6.07) is 9.89. The normalized spacial score (nSPS) is 15.6.